The van der Waals surface area contributed by atoms with Gasteiger partial charge in [0.25, 0.3) is 0 Å². The molecule has 0 aliphatic heterocycles. The van der Waals surface area contributed by atoms with Crippen LogP contribution in [0.25, 0.3) is 84.5 Å². The van der Waals surface area contributed by atoms with Crippen LogP contribution in [0, 0.1) is 0 Å². The first kappa shape index (κ1) is 29.5. The molecule has 2 nitrogen and oxygen atoms in total. The minimum absolute atomic E-state index is 0.905. The fourth-order valence-electron chi connectivity index (χ4n) is 7.95. The second-order valence-electron chi connectivity index (χ2n) is 13.2. The number of benzene rings is 8. The van der Waals surface area contributed by atoms with E-state index < -0.39 is 0 Å². The Balaban J connectivity index is 1.21. The Morgan fingerprint density at radius 2 is 0.942 bits per heavy atom. The summed E-state index contributed by atoms with van der Waals surface area (Å²) in [5.74, 6) is 0. The Labute approximate surface area is 308 Å². The van der Waals surface area contributed by atoms with Crippen molar-refractivity contribution in [2.75, 3.05) is 4.90 Å². The molecule has 0 N–H and O–H groups in total. The summed E-state index contributed by atoms with van der Waals surface area (Å²) in [5.41, 5.74) is 9.82. The highest BCUT2D eigenvalue weighted by Gasteiger charge is 2.23. The molecule has 0 aliphatic rings. The van der Waals surface area contributed by atoms with E-state index in [2.05, 4.69) is 175 Å². The summed E-state index contributed by atoms with van der Waals surface area (Å²) in [4.78, 5) is 2.49. The molecule has 11 aromatic rings. The Morgan fingerprint density at radius 3 is 1.63 bits per heavy atom. The predicted molar refractivity (Wildman–Crippen MR) is 225 cm³/mol. The lowest BCUT2D eigenvalue weighted by molar-refractivity contribution is 0.670. The maximum Gasteiger partial charge on any atom is 0.143 e. The first-order chi connectivity index (χ1) is 25.8. The van der Waals surface area contributed by atoms with E-state index in [4.69, 9.17) is 4.42 Å². The summed E-state index contributed by atoms with van der Waals surface area (Å²) in [7, 11) is 0. The average molecular weight is 700 g/mol. The largest absolute Gasteiger partial charge is 0.455 e. The van der Waals surface area contributed by atoms with Crippen molar-refractivity contribution < 1.29 is 4.42 Å². The number of nitrogens with zero attached hydrogens (tertiary/aromatic N) is 1. The number of para-hydroxylation sites is 2. The summed E-state index contributed by atoms with van der Waals surface area (Å²) >= 11 is 3.74. The van der Waals surface area contributed by atoms with Crippen LogP contribution in [0.2, 0.25) is 0 Å². The van der Waals surface area contributed by atoms with Gasteiger partial charge in [-0.25, -0.2) is 0 Å². The van der Waals surface area contributed by atoms with Gasteiger partial charge < -0.3 is 9.32 Å². The zero-order valence-corrected chi connectivity index (χ0v) is 29.5. The van der Waals surface area contributed by atoms with Crippen LogP contribution in [0.4, 0.5) is 17.1 Å². The van der Waals surface area contributed by atoms with Gasteiger partial charge in [-0.15, -0.1) is 22.7 Å². The molecule has 0 radical (unpaired) electrons. The van der Waals surface area contributed by atoms with Crippen molar-refractivity contribution in [1.29, 1.82) is 0 Å². The van der Waals surface area contributed by atoms with Gasteiger partial charge in [0.15, 0.2) is 0 Å². The molecule has 244 valence electrons. The van der Waals surface area contributed by atoms with E-state index in [9.17, 15) is 0 Å². The van der Waals surface area contributed by atoms with Gasteiger partial charge in [0.05, 0.1) is 20.8 Å². The molecule has 0 atom stereocenters. The molecular formula is C48H29NOS2. The Bertz CT molecular complexity index is 3030. The third-order valence-electron chi connectivity index (χ3n) is 10.3. The van der Waals surface area contributed by atoms with Gasteiger partial charge in [0.2, 0.25) is 0 Å². The average Bonchev–Trinajstić information content (AvgIpc) is 3.91. The first-order valence-electron chi connectivity index (χ1n) is 17.5. The van der Waals surface area contributed by atoms with Crippen molar-refractivity contribution in [3.63, 3.8) is 0 Å². The molecule has 11 rings (SSSR count). The smallest absolute Gasteiger partial charge is 0.143 e. The molecular weight excluding hydrogens is 671 g/mol. The van der Waals surface area contributed by atoms with Crippen LogP contribution in [0.3, 0.4) is 0 Å². The molecule has 52 heavy (non-hydrogen) atoms. The van der Waals surface area contributed by atoms with Gasteiger partial charge in [-0.2, -0.15) is 0 Å². The third-order valence-corrected chi connectivity index (χ3v) is 12.7. The van der Waals surface area contributed by atoms with Crippen LogP contribution in [0.5, 0.6) is 0 Å². The Hall–Kier alpha value is -6.20. The second kappa shape index (κ2) is 11.7. The highest BCUT2D eigenvalue weighted by molar-refractivity contribution is 7.27. The summed E-state index contributed by atoms with van der Waals surface area (Å²) < 4.78 is 11.7. The lowest BCUT2D eigenvalue weighted by Gasteiger charge is -2.28. The Morgan fingerprint density at radius 1 is 0.385 bits per heavy atom. The van der Waals surface area contributed by atoms with Gasteiger partial charge in [0, 0.05) is 53.0 Å². The van der Waals surface area contributed by atoms with E-state index in [1.54, 1.807) is 0 Å². The highest BCUT2D eigenvalue weighted by Crippen LogP contribution is 2.50. The van der Waals surface area contributed by atoms with Crippen LogP contribution in [0.1, 0.15) is 0 Å². The van der Waals surface area contributed by atoms with Crippen LogP contribution in [-0.2, 0) is 0 Å². The van der Waals surface area contributed by atoms with Gasteiger partial charge in [0.1, 0.15) is 11.2 Å². The monoisotopic (exact) mass is 699 g/mol. The van der Waals surface area contributed by atoms with E-state index >= 15 is 0 Å². The summed E-state index contributed by atoms with van der Waals surface area (Å²) in [6.45, 7) is 0. The fraction of sp³-hybridized carbons (Fsp3) is 0. The number of thiophene rings is 2. The minimum atomic E-state index is 0.905. The summed E-state index contributed by atoms with van der Waals surface area (Å²) in [6.07, 6.45) is 0. The van der Waals surface area contributed by atoms with Crippen molar-refractivity contribution in [3.05, 3.63) is 176 Å². The molecule has 0 amide bonds. The van der Waals surface area contributed by atoms with Crippen LogP contribution in [0.15, 0.2) is 180 Å². The Kier molecular flexibility index (Phi) is 6.63. The quantitative estimate of drug-likeness (QED) is 0.178. The molecule has 3 heterocycles. The van der Waals surface area contributed by atoms with E-state index in [1.165, 1.54) is 51.7 Å². The number of hydrogen-bond donors (Lipinski definition) is 0. The van der Waals surface area contributed by atoms with E-state index in [0.717, 1.165) is 49.9 Å². The van der Waals surface area contributed by atoms with Gasteiger partial charge >= 0.3 is 0 Å². The summed E-state index contributed by atoms with van der Waals surface area (Å²) in [5, 5.41) is 7.42. The molecule has 8 aromatic carbocycles. The zero-order chi connectivity index (χ0) is 34.2. The minimum Gasteiger partial charge on any atom is -0.455 e. The predicted octanol–water partition coefficient (Wildman–Crippen LogP) is 15.1. The molecule has 0 saturated carbocycles. The van der Waals surface area contributed by atoms with E-state index in [-0.39, 0.29) is 0 Å². The third kappa shape index (κ3) is 4.48. The van der Waals surface area contributed by atoms with Gasteiger partial charge in [-0.1, -0.05) is 133 Å². The first-order valence-corrected chi connectivity index (χ1v) is 19.1. The van der Waals surface area contributed by atoms with Crippen molar-refractivity contribution >= 4 is 102 Å². The summed E-state index contributed by atoms with van der Waals surface area (Å²) in [6, 6.07) is 63.6. The molecule has 0 bridgehead atoms. The number of fused-ring (bicyclic) bond motifs is 9. The lowest BCUT2D eigenvalue weighted by Crippen LogP contribution is -2.10. The number of hydrogen-bond acceptors (Lipinski definition) is 4. The molecule has 0 aliphatic carbocycles. The second-order valence-corrected chi connectivity index (χ2v) is 15.3. The number of furan rings is 1. The standard InChI is InChI=1S/C48H29NOS2/c1-2-13-30(14-3-1)40-29-31(27-28-32(40)36-18-10-19-37-33-15-4-7-24-43(33)50-46(36)37)49(41-22-11-20-38-34-16-5-8-25-44(34)51-47(38)41)42-23-12-21-39-35-17-6-9-26-45(35)52-48(39)42/h1-29H. The van der Waals surface area contributed by atoms with Crippen molar-refractivity contribution in [2.45, 2.75) is 0 Å². The SMILES string of the molecule is c1ccc(-c2cc(N(c3cccc4c3sc3ccccc34)c3cccc4c3sc3ccccc34)ccc2-c2cccc3c2oc2ccccc23)cc1. The van der Waals surface area contributed by atoms with E-state index in [0.29, 0.717) is 0 Å². The zero-order valence-electron chi connectivity index (χ0n) is 27.9. The van der Waals surface area contributed by atoms with Crippen molar-refractivity contribution in [3.8, 4) is 22.3 Å². The van der Waals surface area contributed by atoms with Crippen LogP contribution in [-0.4, -0.2) is 0 Å². The van der Waals surface area contributed by atoms with Crippen LogP contribution < -0.4 is 4.90 Å². The lowest BCUT2D eigenvalue weighted by atomic mass is 9.92. The van der Waals surface area contributed by atoms with Crippen molar-refractivity contribution in [1.82, 2.24) is 0 Å². The molecule has 0 fully saturated rings. The number of rotatable bonds is 5. The maximum atomic E-state index is 6.59. The number of anilines is 3. The maximum absolute atomic E-state index is 6.59. The van der Waals surface area contributed by atoms with E-state index in [1.807, 2.05) is 28.7 Å². The van der Waals surface area contributed by atoms with Crippen LogP contribution >= 0.6 is 22.7 Å². The van der Waals surface area contributed by atoms with Gasteiger partial charge in [-0.05, 0) is 59.2 Å². The fourth-order valence-corrected chi connectivity index (χ4v) is 10.4. The molecule has 0 spiro atoms. The normalized spacial score (nSPS) is 11.8. The molecule has 0 saturated heterocycles. The highest BCUT2D eigenvalue weighted by atomic mass is 32.1. The van der Waals surface area contributed by atoms with Crippen molar-refractivity contribution in [2.24, 2.45) is 0 Å². The van der Waals surface area contributed by atoms with Gasteiger partial charge in [-0.3, -0.25) is 0 Å². The molecule has 0 unspecified atom stereocenters. The topological polar surface area (TPSA) is 16.4 Å². The molecule has 3 aromatic heterocycles. The molecule has 4 heteroatoms.